The third kappa shape index (κ3) is 2.23. The van der Waals surface area contributed by atoms with Crippen molar-refractivity contribution in [2.24, 2.45) is 5.41 Å². The first-order valence-electron chi connectivity index (χ1n) is 4.97. The van der Waals surface area contributed by atoms with Crippen molar-refractivity contribution < 1.29 is 0 Å². The van der Waals surface area contributed by atoms with Crippen LogP contribution in [0.4, 0.5) is 0 Å². The van der Waals surface area contributed by atoms with Crippen molar-refractivity contribution in [3.8, 4) is 0 Å². The Labute approximate surface area is 76.4 Å². The lowest BCUT2D eigenvalue weighted by Gasteiger charge is -2.29. The highest BCUT2D eigenvalue weighted by Gasteiger charge is 2.22. The summed E-state index contributed by atoms with van der Waals surface area (Å²) in [5.74, 6) is 0. The topological polar surface area (TPSA) is 0 Å². The van der Waals surface area contributed by atoms with Crippen molar-refractivity contribution in [1.29, 1.82) is 0 Å². The minimum atomic E-state index is 0.363. The van der Waals surface area contributed by atoms with Crippen LogP contribution in [-0.2, 0) is 0 Å². The van der Waals surface area contributed by atoms with Gasteiger partial charge in [-0.15, -0.1) is 6.58 Å². The number of hydrogen-bond acceptors (Lipinski definition) is 0. The van der Waals surface area contributed by atoms with Crippen molar-refractivity contribution >= 4 is 0 Å². The van der Waals surface area contributed by atoms with E-state index in [1.807, 2.05) is 6.08 Å². The van der Waals surface area contributed by atoms with Crippen LogP contribution in [0, 0.1) is 5.41 Å². The lowest BCUT2D eigenvalue weighted by atomic mass is 9.76. The molecule has 0 aromatic carbocycles. The van der Waals surface area contributed by atoms with Crippen LogP contribution in [0.1, 0.15) is 46.0 Å². The zero-order valence-corrected chi connectivity index (χ0v) is 8.40. The van der Waals surface area contributed by atoms with Crippen molar-refractivity contribution in [2.75, 3.05) is 0 Å². The van der Waals surface area contributed by atoms with Gasteiger partial charge in [0, 0.05) is 0 Å². The molecule has 0 bridgehead atoms. The Balaban J connectivity index is 2.65. The van der Waals surface area contributed by atoms with E-state index in [4.69, 9.17) is 0 Å². The Morgan fingerprint density at radius 3 is 2.75 bits per heavy atom. The first kappa shape index (κ1) is 9.57. The average Bonchev–Trinajstić information content (AvgIpc) is 2.06. The predicted octanol–water partition coefficient (Wildman–Crippen LogP) is 4.09. The van der Waals surface area contributed by atoms with Crippen LogP contribution in [0.2, 0.25) is 0 Å². The van der Waals surface area contributed by atoms with E-state index in [1.54, 1.807) is 5.57 Å². The molecule has 0 aromatic rings. The minimum Gasteiger partial charge on any atom is -0.103 e. The average molecular weight is 164 g/mol. The highest BCUT2D eigenvalue weighted by atomic mass is 14.3. The van der Waals surface area contributed by atoms with Gasteiger partial charge in [0.2, 0.25) is 0 Å². The summed E-state index contributed by atoms with van der Waals surface area (Å²) in [6.07, 6.45) is 10.9. The Hall–Kier alpha value is -0.520. The fourth-order valence-corrected chi connectivity index (χ4v) is 1.94. The number of hydrogen-bond donors (Lipinski definition) is 0. The summed E-state index contributed by atoms with van der Waals surface area (Å²) >= 11 is 0. The van der Waals surface area contributed by atoms with Gasteiger partial charge in [-0.2, -0.15) is 0 Å². The van der Waals surface area contributed by atoms with Gasteiger partial charge >= 0.3 is 0 Å². The van der Waals surface area contributed by atoms with Crippen molar-refractivity contribution in [3.63, 3.8) is 0 Å². The molecule has 1 rings (SSSR count). The van der Waals surface area contributed by atoms with Crippen LogP contribution in [0.15, 0.2) is 24.3 Å². The van der Waals surface area contributed by atoms with Gasteiger partial charge in [0.05, 0.1) is 0 Å². The van der Waals surface area contributed by atoms with Crippen LogP contribution in [0.5, 0.6) is 0 Å². The van der Waals surface area contributed by atoms with Gasteiger partial charge in [-0.25, -0.2) is 0 Å². The monoisotopic (exact) mass is 164 g/mol. The quantitative estimate of drug-likeness (QED) is 0.551. The summed E-state index contributed by atoms with van der Waals surface area (Å²) in [4.78, 5) is 0. The summed E-state index contributed by atoms with van der Waals surface area (Å²) in [5, 5.41) is 0. The molecule has 0 radical (unpaired) electrons. The van der Waals surface area contributed by atoms with Crippen molar-refractivity contribution in [3.05, 3.63) is 24.3 Å². The lowest BCUT2D eigenvalue weighted by molar-refractivity contribution is 0.420. The van der Waals surface area contributed by atoms with Crippen LogP contribution in [0.25, 0.3) is 0 Å². The first-order valence-corrected chi connectivity index (χ1v) is 4.97. The Kier molecular flexibility index (Phi) is 3.13. The third-order valence-electron chi connectivity index (χ3n) is 2.81. The second-order valence-electron chi connectivity index (χ2n) is 4.35. The predicted molar refractivity (Wildman–Crippen MR) is 55.1 cm³/mol. The molecule has 0 saturated heterocycles. The molecule has 0 N–H and O–H groups in total. The Morgan fingerprint density at radius 1 is 1.50 bits per heavy atom. The third-order valence-corrected chi connectivity index (χ3v) is 2.81. The zero-order chi connectivity index (χ0) is 9.03. The van der Waals surface area contributed by atoms with E-state index in [0.717, 1.165) is 6.42 Å². The second kappa shape index (κ2) is 3.93. The summed E-state index contributed by atoms with van der Waals surface area (Å²) in [7, 11) is 0. The summed E-state index contributed by atoms with van der Waals surface area (Å²) < 4.78 is 0. The molecule has 0 spiro atoms. The maximum absolute atomic E-state index is 3.81. The van der Waals surface area contributed by atoms with Crippen LogP contribution >= 0.6 is 0 Å². The fraction of sp³-hybridized carbons (Fsp3) is 0.667. The SMILES string of the molecule is C=CCC(C)(C)C1=CCCCC1. The zero-order valence-electron chi connectivity index (χ0n) is 8.40. The Bertz CT molecular complexity index is 184. The molecule has 0 aliphatic heterocycles. The lowest BCUT2D eigenvalue weighted by Crippen LogP contribution is -2.15. The molecule has 0 aromatic heterocycles. The molecule has 1 aliphatic rings. The molecular formula is C12H20. The molecule has 0 heterocycles. The van der Waals surface area contributed by atoms with E-state index in [-0.39, 0.29) is 0 Å². The smallest absolute Gasteiger partial charge is 0.0110 e. The summed E-state index contributed by atoms with van der Waals surface area (Å²) in [6.45, 7) is 8.46. The maximum Gasteiger partial charge on any atom is -0.0110 e. The number of allylic oxidation sites excluding steroid dienone is 3. The van der Waals surface area contributed by atoms with Gasteiger partial charge < -0.3 is 0 Å². The van der Waals surface area contributed by atoms with Crippen LogP contribution < -0.4 is 0 Å². The normalized spacial score (nSPS) is 18.7. The summed E-state index contributed by atoms with van der Waals surface area (Å²) in [6, 6.07) is 0. The molecule has 0 unspecified atom stereocenters. The molecule has 0 atom stereocenters. The van der Waals surface area contributed by atoms with E-state index < -0.39 is 0 Å². The van der Waals surface area contributed by atoms with Gasteiger partial charge in [0.1, 0.15) is 0 Å². The van der Waals surface area contributed by atoms with E-state index in [2.05, 4.69) is 26.5 Å². The van der Waals surface area contributed by atoms with Crippen LogP contribution in [-0.4, -0.2) is 0 Å². The second-order valence-corrected chi connectivity index (χ2v) is 4.35. The molecule has 68 valence electrons. The molecule has 12 heavy (non-hydrogen) atoms. The minimum absolute atomic E-state index is 0.363. The fourth-order valence-electron chi connectivity index (χ4n) is 1.94. The standard InChI is InChI=1S/C12H20/c1-4-10-12(2,3)11-8-6-5-7-9-11/h4,8H,1,5-7,9-10H2,2-3H3. The van der Waals surface area contributed by atoms with Gasteiger partial charge in [-0.3, -0.25) is 0 Å². The highest BCUT2D eigenvalue weighted by Crippen LogP contribution is 2.36. The molecule has 0 nitrogen and oxygen atoms in total. The molecule has 1 aliphatic carbocycles. The van der Waals surface area contributed by atoms with Crippen molar-refractivity contribution in [1.82, 2.24) is 0 Å². The molecule has 0 fully saturated rings. The van der Waals surface area contributed by atoms with Gasteiger partial charge in [-0.1, -0.05) is 31.6 Å². The van der Waals surface area contributed by atoms with Crippen molar-refractivity contribution in [2.45, 2.75) is 46.0 Å². The molecular weight excluding hydrogens is 144 g/mol. The Morgan fingerprint density at radius 2 is 2.25 bits per heavy atom. The van der Waals surface area contributed by atoms with E-state index in [1.165, 1.54) is 25.7 Å². The maximum atomic E-state index is 3.81. The van der Waals surface area contributed by atoms with Gasteiger partial charge in [0.15, 0.2) is 0 Å². The largest absolute Gasteiger partial charge is 0.103 e. The van der Waals surface area contributed by atoms with Crippen LogP contribution in [0.3, 0.4) is 0 Å². The van der Waals surface area contributed by atoms with E-state index in [9.17, 15) is 0 Å². The summed E-state index contributed by atoms with van der Waals surface area (Å²) in [5.41, 5.74) is 2.01. The highest BCUT2D eigenvalue weighted by molar-refractivity contribution is 5.15. The van der Waals surface area contributed by atoms with Gasteiger partial charge in [0.25, 0.3) is 0 Å². The van der Waals surface area contributed by atoms with E-state index in [0.29, 0.717) is 5.41 Å². The molecule has 0 heteroatoms. The van der Waals surface area contributed by atoms with E-state index >= 15 is 0 Å². The first-order chi connectivity index (χ1) is 5.67. The molecule has 0 amide bonds. The molecule has 0 saturated carbocycles. The van der Waals surface area contributed by atoms with Gasteiger partial charge in [-0.05, 0) is 37.5 Å². The number of rotatable bonds is 3.